The molecule has 10 rings (SSSR count). The first-order chi connectivity index (χ1) is 25.2. The second-order valence-electron chi connectivity index (χ2n) is 13.1. The van der Waals surface area contributed by atoms with Gasteiger partial charge in [0.1, 0.15) is 0 Å². The Hall–Kier alpha value is -6.35. The molecule has 240 valence electrons. The Labute approximate surface area is 301 Å². The Balaban J connectivity index is 0.945. The van der Waals surface area contributed by atoms with Crippen molar-refractivity contribution in [2.45, 2.75) is 0 Å². The molecular weight excluding hydrogens is 640 g/mol. The molecular formula is C48H31ClN2. The summed E-state index contributed by atoms with van der Waals surface area (Å²) >= 11 is 6.17. The standard InChI is InChI=1S/C48H31ClN2/c49-38-24-17-36(18-25-38)37-23-30-48-44(31-37)43-9-3-6-12-47(43)51(48)40-28-21-35(22-29-40)33-15-13-32(14-16-33)34-19-26-39(27-20-34)50-45-10-4-1-7-41(45)42-8-2-5-11-46(42)50/h1-31H. The molecule has 2 nitrogen and oxygen atoms in total. The molecule has 2 aromatic heterocycles. The number of fused-ring (bicyclic) bond motifs is 6. The van der Waals surface area contributed by atoms with Crippen LogP contribution in [0.2, 0.25) is 5.02 Å². The number of hydrogen-bond donors (Lipinski definition) is 0. The number of benzene rings is 8. The minimum Gasteiger partial charge on any atom is -0.309 e. The lowest BCUT2D eigenvalue weighted by Gasteiger charge is -2.11. The summed E-state index contributed by atoms with van der Waals surface area (Å²) in [5.41, 5.74) is 14.3. The van der Waals surface area contributed by atoms with E-state index in [4.69, 9.17) is 11.6 Å². The van der Waals surface area contributed by atoms with Crippen LogP contribution in [-0.4, -0.2) is 9.13 Å². The number of halogens is 1. The van der Waals surface area contributed by atoms with Crippen LogP contribution >= 0.6 is 11.6 Å². The third-order valence-corrected chi connectivity index (χ3v) is 10.5. The summed E-state index contributed by atoms with van der Waals surface area (Å²) in [4.78, 5) is 0. The van der Waals surface area contributed by atoms with Crippen molar-refractivity contribution in [1.29, 1.82) is 0 Å². The predicted molar refractivity (Wildman–Crippen MR) is 216 cm³/mol. The van der Waals surface area contributed by atoms with Crippen molar-refractivity contribution in [2.24, 2.45) is 0 Å². The van der Waals surface area contributed by atoms with Crippen LogP contribution in [0.5, 0.6) is 0 Å². The molecule has 0 saturated heterocycles. The largest absolute Gasteiger partial charge is 0.309 e. The second kappa shape index (κ2) is 11.9. The summed E-state index contributed by atoms with van der Waals surface area (Å²) < 4.78 is 4.73. The number of rotatable bonds is 5. The van der Waals surface area contributed by atoms with Gasteiger partial charge in [0.2, 0.25) is 0 Å². The van der Waals surface area contributed by atoms with Crippen LogP contribution in [0.25, 0.3) is 88.4 Å². The van der Waals surface area contributed by atoms with Crippen LogP contribution < -0.4 is 0 Å². The molecule has 0 saturated carbocycles. The molecule has 0 aliphatic carbocycles. The van der Waals surface area contributed by atoms with Crippen molar-refractivity contribution in [3.8, 4) is 44.8 Å². The van der Waals surface area contributed by atoms with Gasteiger partial charge < -0.3 is 9.13 Å². The quantitative estimate of drug-likeness (QED) is 0.172. The van der Waals surface area contributed by atoms with Gasteiger partial charge >= 0.3 is 0 Å². The van der Waals surface area contributed by atoms with Gasteiger partial charge in [-0.05, 0) is 100 Å². The number of aromatic nitrogens is 2. The van der Waals surface area contributed by atoms with Crippen molar-refractivity contribution < 1.29 is 0 Å². The van der Waals surface area contributed by atoms with Crippen molar-refractivity contribution in [3.05, 3.63) is 193 Å². The minimum absolute atomic E-state index is 0.748. The fourth-order valence-electron chi connectivity index (χ4n) is 7.73. The summed E-state index contributed by atoms with van der Waals surface area (Å²) in [6.07, 6.45) is 0. The average molecular weight is 671 g/mol. The van der Waals surface area contributed by atoms with Crippen molar-refractivity contribution >= 4 is 55.2 Å². The highest BCUT2D eigenvalue weighted by atomic mass is 35.5. The van der Waals surface area contributed by atoms with Crippen LogP contribution in [0.15, 0.2) is 188 Å². The Kier molecular flexibility index (Phi) is 6.90. The van der Waals surface area contributed by atoms with Gasteiger partial charge in [0.15, 0.2) is 0 Å². The molecule has 51 heavy (non-hydrogen) atoms. The normalized spacial score (nSPS) is 11.6. The van der Waals surface area contributed by atoms with Crippen LogP contribution in [0, 0.1) is 0 Å². The monoisotopic (exact) mass is 670 g/mol. The Morgan fingerprint density at radius 1 is 0.275 bits per heavy atom. The van der Waals surface area contributed by atoms with E-state index in [1.165, 1.54) is 71.4 Å². The molecule has 0 N–H and O–H groups in total. The first-order valence-electron chi connectivity index (χ1n) is 17.3. The molecule has 0 amide bonds. The summed E-state index contributed by atoms with van der Waals surface area (Å²) in [6, 6.07) is 67.5. The fraction of sp³-hybridized carbons (Fsp3) is 0. The number of para-hydroxylation sites is 3. The molecule has 0 radical (unpaired) electrons. The van der Waals surface area contributed by atoms with E-state index in [-0.39, 0.29) is 0 Å². The molecule has 0 aliphatic rings. The van der Waals surface area contributed by atoms with Crippen LogP contribution in [-0.2, 0) is 0 Å². The van der Waals surface area contributed by atoms with Crippen molar-refractivity contribution in [2.75, 3.05) is 0 Å². The van der Waals surface area contributed by atoms with Gasteiger partial charge in [-0.1, -0.05) is 133 Å². The zero-order valence-electron chi connectivity index (χ0n) is 27.7. The zero-order chi connectivity index (χ0) is 33.9. The van der Waals surface area contributed by atoms with E-state index in [0.29, 0.717) is 0 Å². The zero-order valence-corrected chi connectivity index (χ0v) is 28.4. The molecule has 10 aromatic rings. The Morgan fingerprint density at radius 2 is 0.588 bits per heavy atom. The lowest BCUT2D eigenvalue weighted by atomic mass is 10.00. The average Bonchev–Trinajstić information content (AvgIpc) is 3.71. The summed E-state index contributed by atoms with van der Waals surface area (Å²) in [7, 11) is 0. The van der Waals surface area contributed by atoms with E-state index in [0.717, 1.165) is 22.0 Å². The maximum absolute atomic E-state index is 6.17. The summed E-state index contributed by atoms with van der Waals surface area (Å²) in [5.74, 6) is 0. The smallest absolute Gasteiger partial charge is 0.0541 e. The van der Waals surface area contributed by atoms with E-state index >= 15 is 0 Å². The topological polar surface area (TPSA) is 9.86 Å². The lowest BCUT2D eigenvalue weighted by Crippen LogP contribution is -1.94. The highest BCUT2D eigenvalue weighted by Gasteiger charge is 2.14. The predicted octanol–water partition coefficient (Wildman–Crippen LogP) is 13.5. The van der Waals surface area contributed by atoms with E-state index in [2.05, 4.69) is 185 Å². The highest BCUT2D eigenvalue weighted by molar-refractivity contribution is 6.30. The number of hydrogen-bond acceptors (Lipinski definition) is 0. The van der Waals surface area contributed by atoms with Gasteiger partial charge in [-0.2, -0.15) is 0 Å². The van der Waals surface area contributed by atoms with Crippen LogP contribution in [0.1, 0.15) is 0 Å². The maximum Gasteiger partial charge on any atom is 0.0541 e. The van der Waals surface area contributed by atoms with E-state index in [9.17, 15) is 0 Å². The van der Waals surface area contributed by atoms with Crippen LogP contribution in [0.4, 0.5) is 0 Å². The SMILES string of the molecule is Clc1ccc(-c2ccc3c(c2)c2ccccc2n3-c2ccc(-c3ccc(-c4ccc(-n5c6ccccc6c6ccccc65)cc4)cc3)cc2)cc1. The Bertz CT molecular complexity index is 2820. The van der Waals surface area contributed by atoms with Gasteiger partial charge in [0.05, 0.1) is 22.1 Å². The maximum atomic E-state index is 6.17. The number of nitrogens with zero attached hydrogens (tertiary/aromatic N) is 2. The summed E-state index contributed by atoms with van der Waals surface area (Å²) in [6.45, 7) is 0. The van der Waals surface area contributed by atoms with Gasteiger partial charge in [-0.15, -0.1) is 0 Å². The van der Waals surface area contributed by atoms with Crippen LogP contribution in [0.3, 0.4) is 0 Å². The molecule has 0 fully saturated rings. The lowest BCUT2D eigenvalue weighted by molar-refractivity contribution is 1.18. The molecule has 0 atom stereocenters. The fourth-order valence-corrected chi connectivity index (χ4v) is 7.86. The van der Waals surface area contributed by atoms with Crippen molar-refractivity contribution in [3.63, 3.8) is 0 Å². The highest BCUT2D eigenvalue weighted by Crippen LogP contribution is 2.37. The molecule has 3 heteroatoms. The molecule has 8 aromatic carbocycles. The molecule has 0 unspecified atom stereocenters. The molecule has 2 heterocycles. The van der Waals surface area contributed by atoms with Gasteiger partial charge in [-0.3, -0.25) is 0 Å². The van der Waals surface area contributed by atoms with Gasteiger partial charge in [0, 0.05) is 37.9 Å². The Morgan fingerprint density at radius 3 is 1.04 bits per heavy atom. The van der Waals surface area contributed by atoms with E-state index in [1.807, 2.05) is 12.1 Å². The van der Waals surface area contributed by atoms with Gasteiger partial charge in [0.25, 0.3) is 0 Å². The van der Waals surface area contributed by atoms with Gasteiger partial charge in [-0.25, -0.2) is 0 Å². The van der Waals surface area contributed by atoms with Crippen molar-refractivity contribution in [1.82, 2.24) is 9.13 Å². The third kappa shape index (κ3) is 4.95. The minimum atomic E-state index is 0.748. The van der Waals surface area contributed by atoms with E-state index < -0.39 is 0 Å². The summed E-state index contributed by atoms with van der Waals surface area (Å²) in [5, 5.41) is 5.78. The molecule has 0 bridgehead atoms. The molecule has 0 spiro atoms. The first kappa shape index (κ1) is 29.6. The third-order valence-electron chi connectivity index (χ3n) is 10.2. The first-order valence-corrected chi connectivity index (χ1v) is 17.7. The molecule has 0 aliphatic heterocycles. The van der Waals surface area contributed by atoms with E-state index in [1.54, 1.807) is 0 Å². The second-order valence-corrected chi connectivity index (χ2v) is 13.6.